The molecule has 0 aliphatic rings. The molecule has 0 unspecified atom stereocenters. The number of aliphatic hydroxyl groups excluding tert-OH is 1. The number of nitrogens with zero attached hydrogens (tertiary/aromatic N) is 2. The molecule has 4 heteroatoms. The van der Waals surface area contributed by atoms with Crippen LogP contribution in [-0.4, -0.2) is 34.7 Å². The number of halogens is 1. The summed E-state index contributed by atoms with van der Waals surface area (Å²) in [4.78, 5) is 6.31. The second-order valence-electron chi connectivity index (χ2n) is 4.72. The predicted molar refractivity (Wildman–Crippen MR) is 81.8 cm³/mol. The summed E-state index contributed by atoms with van der Waals surface area (Å²) in [6.45, 7) is 2.51. The van der Waals surface area contributed by atoms with E-state index in [1.54, 1.807) is 12.3 Å². The second kappa shape index (κ2) is 8.00. The molecule has 20 heavy (non-hydrogen) atoms. The smallest absolute Gasteiger partial charge is 0.129 e. The van der Waals surface area contributed by atoms with Gasteiger partial charge in [-0.25, -0.2) is 4.98 Å². The quantitative estimate of drug-likeness (QED) is 0.797. The molecule has 106 valence electrons. The number of aromatic nitrogens is 1. The molecule has 1 aromatic carbocycles. The van der Waals surface area contributed by atoms with Gasteiger partial charge < -0.3 is 5.11 Å². The lowest BCUT2D eigenvalue weighted by molar-refractivity contribution is 0.191. The van der Waals surface area contributed by atoms with Gasteiger partial charge in [0.05, 0.1) is 6.61 Å². The van der Waals surface area contributed by atoms with Crippen molar-refractivity contribution in [3.63, 3.8) is 0 Å². The lowest BCUT2D eigenvalue weighted by Crippen LogP contribution is -2.28. The molecule has 0 saturated heterocycles. The van der Waals surface area contributed by atoms with E-state index in [1.165, 1.54) is 5.56 Å². The minimum Gasteiger partial charge on any atom is -0.395 e. The summed E-state index contributed by atoms with van der Waals surface area (Å²) < 4.78 is 0. The maximum absolute atomic E-state index is 9.18. The molecule has 1 heterocycles. The third-order valence-electron chi connectivity index (χ3n) is 3.17. The van der Waals surface area contributed by atoms with E-state index in [4.69, 9.17) is 11.6 Å². The highest BCUT2D eigenvalue weighted by atomic mass is 35.5. The third kappa shape index (κ3) is 4.93. The summed E-state index contributed by atoms with van der Waals surface area (Å²) in [5.74, 6) is 0. The first kappa shape index (κ1) is 15.0. The van der Waals surface area contributed by atoms with Gasteiger partial charge in [0.25, 0.3) is 0 Å². The Hall–Kier alpha value is -1.42. The molecule has 0 saturated carbocycles. The van der Waals surface area contributed by atoms with Crippen LogP contribution in [0.1, 0.15) is 11.1 Å². The first-order chi connectivity index (χ1) is 9.78. The zero-order chi connectivity index (χ0) is 14.2. The molecular weight excluding hydrogens is 272 g/mol. The molecule has 0 fully saturated rings. The van der Waals surface area contributed by atoms with E-state index in [-0.39, 0.29) is 6.61 Å². The minimum absolute atomic E-state index is 0.163. The topological polar surface area (TPSA) is 36.4 Å². The largest absolute Gasteiger partial charge is 0.395 e. The molecule has 3 nitrogen and oxygen atoms in total. The van der Waals surface area contributed by atoms with Crippen LogP contribution in [0.3, 0.4) is 0 Å². The van der Waals surface area contributed by atoms with Gasteiger partial charge in [-0.3, -0.25) is 4.90 Å². The van der Waals surface area contributed by atoms with Crippen LogP contribution in [-0.2, 0) is 13.0 Å². The Kier molecular flexibility index (Phi) is 5.99. The Labute approximate surface area is 124 Å². The molecule has 0 aliphatic carbocycles. The van der Waals surface area contributed by atoms with Crippen LogP contribution in [0, 0.1) is 0 Å². The molecule has 0 amide bonds. The Morgan fingerprint density at radius 3 is 2.45 bits per heavy atom. The predicted octanol–water partition coefficient (Wildman–Crippen LogP) is 2.77. The number of benzene rings is 1. The van der Waals surface area contributed by atoms with Gasteiger partial charge in [-0.15, -0.1) is 0 Å². The number of rotatable bonds is 7. The molecule has 1 aromatic heterocycles. The van der Waals surface area contributed by atoms with Gasteiger partial charge in [-0.05, 0) is 23.6 Å². The summed E-state index contributed by atoms with van der Waals surface area (Å²) in [6, 6.07) is 14.1. The van der Waals surface area contributed by atoms with Gasteiger partial charge in [-0.1, -0.05) is 48.0 Å². The Morgan fingerprint density at radius 1 is 1.00 bits per heavy atom. The van der Waals surface area contributed by atoms with Crippen molar-refractivity contribution in [2.45, 2.75) is 13.0 Å². The van der Waals surface area contributed by atoms with Crippen LogP contribution in [0.4, 0.5) is 0 Å². The number of aliphatic hydroxyl groups is 1. The average Bonchev–Trinajstić information content (AvgIpc) is 2.48. The van der Waals surface area contributed by atoms with E-state index in [0.717, 1.165) is 25.1 Å². The van der Waals surface area contributed by atoms with E-state index in [9.17, 15) is 5.11 Å². The lowest BCUT2D eigenvalue weighted by atomic mass is 10.1. The van der Waals surface area contributed by atoms with Gasteiger partial charge >= 0.3 is 0 Å². The van der Waals surface area contributed by atoms with Gasteiger partial charge in [0, 0.05) is 25.8 Å². The van der Waals surface area contributed by atoms with E-state index < -0.39 is 0 Å². The fraction of sp³-hybridized carbons (Fsp3) is 0.312. The van der Waals surface area contributed by atoms with Crippen LogP contribution >= 0.6 is 11.6 Å². The SMILES string of the molecule is OCCN(CCc1ccccc1)Cc1ccc(Cl)nc1. The fourth-order valence-corrected chi connectivity index (χ4v) is 2.21. The molecule has 0 atom stereocenters. The maximum Gasteiger partial charge on any atom is 0.129 e. The second-order valence-corrected chi connectivity index (χ2v) is 5.11. The van der Waals surface area contributed by atoms with Crippen LogP contribution in [0.5, 0.6) is 0 Å². The van der Waals surface area contributed by atoms with Crippen molar-refractivity contribution in [2.75, 3.05) is 19.7 Å². The number of pyridine rings is 1. The van der Waals surface area contributed by atoms with Crippen molar-refractivity contribution in [2.24, 2.45) is 0 Å². The summed E-state index contributed by atoms with van der Waals surface area (Å²) in [6.07, 6.45) is 2.76. The van der Waals surface area contributed by atoms with Gasteiger partial charge in [0.2, 0.25) is 0 Å². The van der Waals surface area contributed by atoms with Crippen LogP contribution in [0.2, 0.25) is 5.15 Å². The molecule has 2 aromatic rings. The Balaban J connectivity index is 1.91. The number of hydrogen-bond acceptors (Lipinski definition) is 3. The van der Waals surface area contributed by atoms with Crippen LogP contribution < -0.4 is 0 Å². The third-order valence-corrected chi connectivity index (χ3v) is 3.39. The number of hydrogen-bond donors (Lipinski definition) is 1. The normalized spacial score (nSPS) is 10.9. The first-order valence-electron chi connectivity index (χ1n) is 6.75. The summed E-state index contributed by atoms with van der Waals surface area (Å²) in [7, 11) is 0. The van der Waals surface area contributed by atoms with Crippen LogP contribution in [0.25, 0.3) is 0 Å². The first-order valence-corrected chi connectivity index (χ1v) is 7.13. The van der Waals surface area contributed by atoms with Gasteiger partial charge in [-0.2, -0.15) is 0 Å². The minimum atomic E-state index is 0.163. The summed E-state index contributed by atoms with van der Waals surface area (Å²) in [5, 5.41) is 9.68. The maximum atomic E-state index is 9.18. The summed E-state index contributed by atoms with van der Waals surface area (Å²) >= 11 is 5.79. The zero-order valence-corrected chi connectivity index (χ0v) is 12.1. The molecule has 0 spiro atoms. The highest BCUT2D eigenvalue weighted by Gasteiger charge is 2.06. The monoisotopic (exact) mass is 290 g/mol. The zero-order valence-electron chi connectivity index (χ0n) is 11.4. The van der Waals surface area contributed by atoms with Crippen molar-refractivity contribution < 1.29 is 5.11 Å². The van der Waals surface area contributed by atoms with Crippen molar-refractivity contribution >= 4 is 11.6 Å². The highest BCUT2D eigenvalue weighted by molar-refractivity contribution is 6.29. The lowest BCUT2D eigenvalue weighted by Gasteiger charge is -2.21. The Bertz CT molecular complexity index is 502. The van der Waals surface area contributed by atoms with E-state index in [0.29, 0.717) is 11.7 Å². The van der Waals surface area contributed by atoms with Crippen molar-refractivity contribution in [3.8, 4) is 0 Å². The van der Waals surface area contributed by atoms with Gasteiger partial charge in [0.1, 0.15) is 5.15 Å². The van der Waals surface area contributed by atoms with E-state index >= 15 is 0 Å². The molecule has 0 radical (unpaired) electrons. The molecule has 1 N–H and O–H groups in total. The van der Waals surface area contributed by atoms with E-state index in [1.807, 2.05) is 12.1 Å². The van der Waals surface area contributed by atoms with Gasteiger partial charge in [0.15, 0.2) is 0 Å². The van der Waals surface area contributed by atoms with E-state index in [2.05, 4.69) is 34.1 Å². The molecular formula is C16H19ClN2O. The summed E-state index contributed by atoms with van der Waals surface area (Å²) in [5.41, 5.74) is 2.42. The average molecular weight is 291 g/mol. The van der Waals surface area contributed by atoms with Crippen molar-refractivity contribution in [1.82, 2.24) is 9.88 Å². The standard InChI is InChI=1S/C16H19ClN2O/c17-16-7-6-15(12-18-16)13-19(10-11-20)9-8-14-4-2-1-3-5-14/h1-7,12,20H,8-11,13H2. The fourth-order valence-electron chi connectivity index (χ4n) is 2.10. The highest BCUT2D eigenvalue weighted by Crippen LogP contribution is 2.09. The van der Waals surface area contributed by atoms with Crippen molar-refractivity contribution in [1.29, 1.82) is 0 Å². The van der Waals surface area contributed by atoms with Crippen molar-refractivity contribution in [3.05, 3.63) is 64.9 Å². The Morgan fingerprint density at radius 2 is 1.80 bits per heavy atom. The van der Waals surface area contributed by atoms with Crippen LogP contribution in [0.15, 0.2) is 48.7 Å². The molecule has 2 rings (SSSR count). The molecule has 0 bridgehead atoms. The molecule has 0 aliphatic heterocycles.